The summed E-state index contributed by atoms with van der Waals surface area (Å²) >= 11 is 0. The summed E-state index contributed by atoms with van der Waals surface area (Å²) in [6.45, 7) is 4.14. The third kappa shape index (κ3) is 4.53. The first kappa shape index (κ1) is 23.1. The van der Waals surface area contributed by atoms with Crippen LogP contribution in [0.5, 0.6) is 0 Å². The van der Waals surface area contributed by atoms with Gasteiger partial charge in [-0.25, -0.2) is 9.59 Å². The summed E-state index contributed by atoms with van der Waals surface area (Å²) in [5.74, 6) is -1.19. The van der Waals surface area contributed by atoms with E-state index in [1.807, 2.05) is 74.5 Å². The largest absolute Gasteiger partial charge is 0.480 e. The van der Waals surface area contributed by atoms with Crippen LogP contribution in [0.4, 0.5) is 4.79 Å². The molecular weight excluding hydrogens is 428 g/mol. The number of hydrogen-bond acceptors (Lipinski definition) is 3. The number of H-pyrrole nitrogens is 1. The smallest absolute Gasteiger partial charge is 0.407 e. The van der Waals surface area contributed by atoms with Crippen molar-refractivity contribution in [1.82, 2.24) is 10.3 Å². The molecule has 1 heterocycles. The summed E-state index contributed by atoms with van der Waals surface area (Å²) in [5.41, 5.74) is 6.24. The minimum Gasteiger partial charge on any atom is -0.480 e. The normalized spacial score (nSPS) is 12.8. The number of carboxylic acid groups (broad SMARTS) is 1. The Bertz CT molecular complexity index is 1270. The van der Waals surface area contributed by atoms with Crippen molar-refractivity contribution >= 4 is 23.0 Å². The predicted molar refractivity (Wildman–Crippen MR) is 133 cm³/mol. The van der Waals surface area contributed by atoms with Crippen molar-refractivity contribution in [2.24, 2.45) is 0 Å². The van der Waals surface area contributed by atoms with Gasteiger partial charge >= 0.3 is 12.1 Å². The number of para-hydroxylation sites is 1. The summed E-state index contributed by atoms with van der Waals surface area (Å²) < 4.78 is 5.51. The molecule has 1 atom stereocenters. The minimum atomic E-state index is -1.11. The third-order valence-electron chi connectivity index (χ3n) is 6.03. The average Bonchev–Trinajstić information content (AvgIpc) is 3.42. The van der Waals surface area contributed by atoms with Crippen LogP contribution in [0.2, 0.25) is 0 Å². The Morgan fingerprint density at radius 1 is 0.941 bits per heavy atom. The quantitative estimate of drug-likeness (QED) is 0.346. The van der Waals surface area contributed by atoms with Crippen LogP contribution in [-0.4, -0.2) is 34.8 Å². The number of aromatic nitrogens is 1. The number of fused-ring (bicyclic) bond motifs is 4. The van der Waals surface area contributed by atoms with Crippen LogP contribution in [-0.2, 0) is 16.0 Å². The number of aliphatic carboxylic acids is 1. The van der Waals surface area contributed by atoms with E-state index in [9.17, 15) is 14.7 Å². The van der Waals surface area contributed by atoms with Gasteiger partial charge in [0.25, 0.3) is 0 Å². The van der Waals surface area contributed by atoms with Crippen LogP contribution in [0.25, 0.3) is 22.0 Å². The highest BCUT2D eigenvalue weighted by molar-refractivity contribution is 5.85. The average molecular weight is 457 g/mol. The summed E-state index contributed by atoms with van der Waals surface area (Å²) in [5, 5.41) is 13.1. The van der Waals surface area contributed by atoms with E-state index in [1.165, 1.54) is 0 Å². The minimum absolute atomic E-state index is 0.0787. The molecule has 0 aliphatic heterocycles. The van der Waals surface area contributed by atoms with E-state index in [0.717, 1.165) is 38.7 Å². The highest BCUT2D eigenvalue weighted by Crippen LogP contribution is 2.44. The molecule has 0 fully saturated rings. The van der Waals surface area contributed by atoms with Crippen LogP contribution in [0, 0.1) is 0 Å². The van der Waals surface area contributed by atoms with Gasteiger partial charge in [-0.3, -0.25) is 0 Å². The first-order valence-corrected chi connectivity index (χ1v) is 11.5. The topological polar surface area (TPSA) is 91.4 Å². The van der Waals surface area contributed by atoms with Crippen LogP contribution in [0.1, 0.15) is 36.5 Å². The van der Waals surface area contributed by atoms with Gasteiger partial charge in [0.15, 0.2) is 0 Å². The Kier molecular flexibility index (Phi) is 6.97. The number of carbonyl (C=O) groups excluding carboxylic acids is 1. The third-order valence-corrected chi connectivity index (χ3v) is 6.03. The molecule has 174 valence electrons. The summed E-state index contributed by atoms with van der Waals surface area (Å²) in [6.07, 6.45) is 1.20. The van der Waals surface area contributed by atoms with Crippen molar-refractivity contribution in [3.05, 3.63) is 95.7 Å². The SMILES string of the molecule is CC.O=C(NC(Cc1c[nH]c2ccccc12)C(=O)O)OCC1c2ccccc2-c2ccccc21. The molecule has 0 saturated carbocycles. The highest BCUT2D eigenvalue weighted by atomic mass is 16.5. The Morgan fingerprint density at radius 3 is 2.18 bits per heavy atom. The molecule has 3 N–H and O–H groups in total. The van der Waals surface area contributed by atoms with E-state index in [2.05, 4.69) is 22.4 Å². The second kappa shape index (κ2) is 10.3. The van der Waals surface area contributed by atoms with Gasteiger partial charge in [0.05, 0.1) is 0 Å². The zero-order valence-corrected chi connectivity index (χ0v) is 19.2. The fourth-order valence-electron chi connectivity index (χ4n) is 4.50. The standard InChI is InChI=1S/C26H22N2O4.C2H6/c29-25(30)24(13-16-14-27-23-12-6-5-7-17(16)23)28-26(31)32-15-22-20-10-3-1-8-18(20)19-9-2-4-11-21(19)22;1-2/h1-12,14,22,24,27H,13,15H2,(H,28,31)(H,29,30);1-2H3. The summed E-state index contributed by atoms with van der Waals surface area (Å²) in [6, 6.07) is 22.7. The van der Waals surface area contributed by atoms with Crippen molar-refractivity contribution in [2.45, 2.75) is 32.2 Å². The molecule has 0 bridgehead atoms. The number of hydrogen-bond donors (Lipinski definition) is 3. The maximum atomic E-state index is 12.5. The van der Waals surface area contributed by atoms with Crippen molar-refractivity contribution < 1.29 is 19.4 Å². The first-order valence-electron chi connectivity index (χ1n) is 11.5. The van der Waals surface area contributed by atoms with E-state index in [4.69, 9.17) is 4.74 Å². The Balaban J connectivity index is 0.00000133. The van der Waals surface area contributed by atoms with Crippen molar-refractivity contribution in [2.75, 3.05) is 6.61 Å². The van der Waals surface area contributed by atoms with Gasteiger partial charge in [0.1, 0.15) is 12.6 Å². The van der Waals surface area contributed by atoms with E-state index >= 15 is 0 Å². The molecule has 34 heavy (non-hydrogen) atoms. The van der Waals surface area contributed by atoms with Crippen LogP contribution >= 0.6 is 0 Å². The van der Waals surface area contributed by atoms with E-state index in [-0.39, 0.29) is 18.9 Å². The molecule has 0 spiro atoms. The molecule has 6 heteroatoms. The van der Waals surface area contributed by atoms with Crippen molar-refractivity contribution in [1.29, 1.82) is 0 Å². The number of carbonyl (C=O) groups is 2. The van der Waals surface area contributed by atoms with E-state index in [1.54, 1.807) is 6.20 Å². The van der Waals surface area contributed by atoms with Crippen LogP contribution in [0.15, 0.2) is 79.0 Å². The molecule has 0 radical (unpaired) electrons. The zero-order chi connectivity index (χ0) is 24.1. The highest BCUT2D eigenvalue weighted by Gasteiger charge is 2.30. The number of aromatic amines is 1. The number of benzene rings is 3. The second-order valence-corrected chi connectivity index (χ2v) is 7.92. The second-order valence-electron chi connectivity index (χ2n) is 7.92. The maximum Gasteiger partial charge on any atom is 0.407 e. The zero-order valence-electron chi connectivity index (χ0n) is 19.2. The Labute approximate surface area is 198 Å². The molecule has 4 aromatic rings. The molecule has 1 aliphatic rings. The molecule has 6 nitrogen and oxygen atoms in total. The maximum absolute atomic E-state index is 12.5. The molecule has 5 rings (SSSR count). The molecule has 3 aromatic carbocycles. The molecule has 1 aliphatic carbocycles. The van der Waals surface area contributed by atoms with Gasteiger partial charge in [-0.2, -0.15) is 0 Å². The molecule has 1 aromatic heterocycles. The van der Waals surface area contributed by atoms with E-state index < -0.39 is 18.1 Å². The van der Waals surface area contributed by atoms with Gasteiger partial charge in [-0.1, -0.05) is 80.6 Å². The molecular formula is C28H28N2O4. The monoisotopic (exact) mass is 456 g/mol. The summed E-state index contributed by atoms with van der Waals surface area (Å²) in [4.78, 5) is 27.5. The lowest BCUT2D eigenvalue weighted by Crippen LogP contribution is -2.42. The number of ether oxygens (including phenoxy) is 1. The van der Waals surface area contributed by atoms with Crippen LogP contribution < -0.4 is 5.32 Å². The van der Waals surface area contributed by atoms with Gasteiger partial charge < -0.3 is 20.1 Å². The number of nitrogens with one attached hydrogen (secondary N) is 2. The fraction of sp³-hybridized carbons (Fsp3) is 0.214. The molecule has 1 unspecified atom stereocenters. The number of carboxylic acids is 1. The van der Waals surface area contributed by atoms with Gasteiger partial charge in [-0.05, 0) is 33.9 Å². The fourth-order valence-corrected chi connectivity index (χ4v) is 4.50. The predicted octanol–water partition coefficient (Wildman–Crippen LogP) is 5.73. The Hall–Kier alpha value is -4.06. The number of amides is 1. The van der Waals surface area contributed by atoms with Crippen LogP contribution in [0.3, 0.4) is 0 Å². The lowest BCUT2D eigenvalue weighted by atomic mass is 9.98. The summed E-state index contributed by atoms with van der Waals surface area (Å²) in [7, 11) is 0. The molecule has 0 saturated heterocycles. The van der Waals surface area contributed by atoms with Crippen molar-refractivity contribution in [3.63, 3.8) is 0 Å². The lowest BCUT2D eigenvalue weighted by Gasteiger charge is -2.17. The van der Waals surface area contributed by atoms with Gasteiger partial charge in [0.2, 0.25) is 0 Å². The number of alkyl carbamates (subject to hydrolysis) is 1. The first-order chi connectivity index (χ1) is 16.6. The van der Waals surface area contributed by atoms with E-state index in [0.29, 0.717) is 0 Å². The lowest BCUT2D eigenvalue weighted by molar-refractivity contribution is -0.139. The number of rotatable bonds is 6. The Morgan fingerprint density at radius 2 is 1.53 bits per heavy atom. The van der Waals surface area contributed by atoms with Crippen molar-refractivity contribution in [3.8, 4) is 11.1 Å². The van der Waals surface area contributed by atoms with Gasteiger partial charge in [0, 0.05) is 29.4 Å². The van der Waals surface area contributed by atoms with Gasteiger partial charge in [-0.15, -0.1) is 0 Å². The molecule has 1 amide bonds.